The Balaban J connectivity index is 1.53. The molecule has 5 heterocycles. The Hall–Kier alpha value is -3.75. The molecule has 0 aliphatic carbocycles. The maximum atomic E-state index is 13.5. The van der Waals surface area contributed by atoms with Crippen molar-refractivity contribution in [1.82, 2.24) is 24.6 Å². The van der Waals surface area contributed by atoms with Crippen molar-refractivity contribution in [3.63, 3.8) is 0 Å². The zero-order valence-electron chi connectivity index (χ0n) is 15.7. The summed E-state index contributed by atoms with van der Waals surface area (Å²) in [5.74, 6) is 0. The number of para-hydroxylation sites is 2. The number of nitrogens with one attached hydrogen (secondary N) is 1. The number of aromatic nitrogens is 5. The summed E-state index contributed by atoms with van der Waals surface area (Å²) >= 11 is 0. The molecule has 1 N–H and O–H groups in total. The molecule has 0 radical (unpaired) electrons. The van der Waals surface area contributed by atoms with E-state index in [2.05, 4.69) is 20.1 Å². The van der Waals surface area contributed by atoms with Crippen LogP contribution in [0.1, 0.15) is 35.1 Å². The van der Waals surface area contributed by atoms with Gasteiger partial charge in [0.15, 0.2) is 5.58 Å². The highest BCUT2D eigenvalue weighted by molar-refractivity contribution is 5.74. The van der Waals surface area contributed by atoms with Crippen molar-refractivity contribution in [1.29, 1.82) is 0 Å². The molecule has 4 aromatic heterocycles. The lowest BCUT2D eigenvalue weighted by Crippen LogP contribution is -2.36. The molecule has 5 aromatic rings. The van der Waals surface area contributed by atoms with Crippen molar-refractivity contribution in [2.24, 2.45) is 0 Å². The van der Waals surface area contributed by atoms with Crippen LogP contribution in [0.4, 0.5) is 14.8 Å². The SMILES string of the molecule is FC(F)c1cccn2nc(C3c4nc[nH]c4CCN3c3nc4ccccc4o3)cc12. The molecule has 0 bridgehead atoms. The van der Waals surface area contributed by atoms with Gasteiger partial charge in [0.2, 0.25) is 0 Å². The van der Waals surface area contributed by atoms with Crippen molar-refractivity contribution in [3.05, 3.63) is 77.6 Å². The molecule has 0 saturated carbocycles. The molecule has 0 saturated heterocycles. The number of nitrogens with zero attached hydrogens (tertiary/aromatic N) is 5. The van der Waals surface area contributed by atoms with Crippen LogP contribution in [-0.4, -0.2) is 31.1 Å². The number of aromatic amines is 1. The first-order valence-corrected chi connectivity index (χ1v) is 9.60. The van der Waals surface area contributed by atoms with Gasteiger partial charge in [0, 0.05) is 30.4 Å². The molecule has 6 rings (SSSR count). The van der Waals surface area contributed by atoms with E-state index in [1.165, 1.54) is 10.6 Å². The lowest BCUT2D eigenvalue weighted by atomic mass is 10.00. The summed E-state index contributed by atoms with van der Waals surface area (Å²) in [4.78, 5) is 14.3. The largest absolute Gasteiger partial charge is 0.423 e. The number of alkyl halides is 2. The Morgan fingerprint density at radius 3 is 2.93 bits per heavy atom. The number of hydrogen-bond donors (Lipinski definition) is 1. The summed E-state index contributed by atoms with van der Waals surface area (Å²) in [6.07, 6.45) is 1.47. The van der Waals surface area contributed by atoms with Crippen LogP contribution >= 0.6 is 0 Å². The lowest BCUT2D eigenvalue weighted by Gasteiger charge is -2.32. The zero-order chi connectivity index (χ0) is 20.2. The molecule has 1 atom stereocenters. The Kier molecular flexibility index (Phi) is 3.64. The van der Waals surface area contributed by atoms with Crippen LogP contribution < -0.4 is 4.90 Å². The molecule has 150 valence electrons. The van der Waals surface area contributed by atoms with Gasteiger partial charge < -0.3 is 14.3 Å². The molecular formula is C21H16F2N6O. The van der Waals surface area contributed by atoms with E-state index in [9.17, 15) is 8.78 Å². The molecule has 7 nitrogen and oxygen atoms in total. The van der Waals surface area contributed by atoms with E-state index in [4.69, 9.17) is 4.42 Å². The minimum atomic E-state index is -2.58. The van der Waals surface area contributed by atoms with Crippen LogP contribution in [0.15, 0.2) is 59.4 Å². The third kappa shape index (κ3) is 2.51. The van der Waals surface area contributed by atoms with E-state index in [-0.39, 0.29) is 5.56 Å². The number of rotatable bonds is 3. The van der Waals surface area contributed by atoms with E-state index in [1.54, 1.807) is 24.7 Å². The minimum Gasteiger partial charge on any atom is -0.423 e. The molecule has 9 heteroatoms. The van der Waals surface area contributed by atoms with Gasteiger partial charge in [-0.2, -0.15) is 10.1 Å². The van der Waals surface area contributed by atoms with E-state index in [0.29, 0.717) is 29.4 Å². The topological polar surface area (TPSA) is 75.2 Å². The van der Waals surface area contributed by atoms with Crippen molar-refractivity contribution in [3.8, 4) is 0 Å². The molecule has 1 unspecified atom stereocenters. The highest BCUT2D eigenvalue weighted by Gasteiger charge is 2.36. The molecule has 1 aliphatic rings. The average Bonchev–Trinajstić information content (AvgIpc) is 3.49. The van der Waals surface area contributed by atoms with Crippen LogP contribution in [0.5, 0.6) is 0 Å². The number of imidazole rings is 1. The Bertz CT molecular complexity index is 1340. The van der Waals surface area contributed by atoms with Crippen molar-refractivity contribution in [2.75, 3.05) is 11.4 Å². The number of oxazole rings is 1. The fourth-order valence-electron chi connectivity index (χ4n) is 4.14. The van der Waals surface area contributed by atoms with Gasteiger partial charge in [-0.05, 0) is 30.3 Å². The fraction of sp³-hybridized carbons (Fsp3) is 0.190. The van der Waals surface area contributed by atoms with Crippen LogP contribution in [0, 0.1) is 0 Å². The van der Waals surface area contributed by atoms with Crippen LogP contribution in [-0.2, 0) is 6.42 Å². The number of benzene rings is 1. The molecule has 1 aliphatic heterocycles. The molecule has 30 heavy (non-hydrogen) atoms. The van der Waals surface area contributed by atoms with Gasteiger partial charge in [0.1, 0.15) is 11.6 Å². The molecule has 0 amide bonds. The predicted molar refractivity (Wildman–Crippen MR) is 106 cm³/mol. The van der Waals surface area contributed by atoms with Crippen molar-refractivity contribution >= 4 is 22.6 Å². The van der Waals surface area contributed by atoms with Crippen LogP contribution in [0.3, 0.4) is 0 Å². The molecular weight excluding hydrogens is 390 g/mol. The van der Waals surface area contributed by atoms with Gasteiger partial charge in [-0.15, -0.1) is 0 Å². The molecule has 1 aromatic carbocycles. The van der Waals surface area contributed by atoms with Gasteiger partial charge in [-0.3, -0.25) is 0 Å². The first-order valence-electron chi connectivity index (χ1n) is 9.60. The normalized spacial score (nSPS) is 16.6. The van der Waals surface area contributed by atoms with Crippen LogP contribution in [0.25, 0.3) is 16.6 Å². The fourth-order valence-corrected chi connectivity index (χ4v) is 4.14. The van der Waals surface area contributed by atoms with Gasteiger partial charge in [0.05, 0.1) is 23.2 Å². The second-order valence-electron chi connectivity index (χ2n) is 7.24. The minimum absolute atomic E-state index is 0.0530. The second kappa shape index (κ2) is 6.38. The summed E-state index contributed by atoms with van der Waals surface area (Å²) < 4.78 is 34.5. The van der Waals surface area contributed by atoms with Crippen LogP contribution in [0.2, 0.25) is 0 Å². The van der Waals surface area contributed by atoms with Gasteiger partial charge >= 0.3 is 0 Å². The predicted octanol–water partition coefficient (Wildman–Crippen LogP) is 4.29. The van der Waals surface area contributed by atoms with Gasteiger partial charge in [-0.25, -0.2) is 18.3 Å². The summed E-state index contributed by atoms with van der Waals surface area (Å²) in [6, 6.07) is 12.3. The van der Waals surface area contributed by atoms with E-state index >= 15 is 0 Å². The second-order valence-corrected chi connectivity index (χ2v) is 7.24. The number of halogens is 2. The summed E-state index contributed by atoms with van der Waals surface area (Å²) in [5, 5.41) is 4.61. The Labute approximate surface area is 169 Å². The smallest absolute Gasteiger partial charge is 0.299 e. The quantitative estimate of drug-likeness (QED) is 0.484. The summed E-state index contributed by atoms with van der Waals surface area (Å²) in [6.45, 7) is 0.627. The number of H-pyrrole nitrogens is 1. The third-order valence-electron chi connectivity index (χ3n) is 5.52. The van der Waals surface area contributed by atoms with E-state index in [0.717, 1.165) is 23.3 Å². The van der Waals surface area contributed by atoms with E-state index < -0.39 is 12.5 Å². The first-order chi connectivity index (χ1) is 14.7. The standard InChI is InChI=1S/C21H16F2N6O/c22-20(23)12-4-3-8-29-16(12)10-15(27-29)19-18-14(24-11-25-18)7-9-28(19)21-26-13-5-1-2-6-17(13)30-21/h1-6,8,10-11,19-20H,7,9H2,(H,24,25). The summed E-state index contributed by atoms with van der Waals surface area (Å²) in [5.41, 5.74) is 4.18. The first kappa shape index (κ1) is 17.1. The molecule has 0 spiro atoms. The zero-order valence-corrected chi connectivity index (χ0v) is 15.7. The number of anilines is 1. The Morgan fingerprint density at radius 1 is 1.17 bits per heavy atom. The maximum Gasteiger partial charge on any atom is 0.299 e. The highest BCUT2D eigenvalue weighted by atomic mass is 19.3. The number of pyridine rings is 1. The average molecular weight is 406 g/mol. The summed E-state index contributed by atoms with van der Waals surface area (Å²) in [7, 11) is 0. The molecule has 0 fully saturated rings. The third-order valence-corrected chi connectivity index (χ3v) is 5.52. The van der Waals surface area contributed by atoms with Crippen molar-refractivity contribution in [2.45, 2.75) is 18.9 Å². The lowest BCUT2D eigenvalue weighted by molar-refractivity contribution is 0.152. The number of hydrogen-bond acceptors (Lipinski definition) is 5. The Morgan fingerprint density at radius 2 is 2.07 bits per heavy atom. The highest BCUT2D eigenvalue weighted by Crippen LogP contribution is 2.38. The van der Waals surface area contributed by atoms with Crippen molar-refractivity contribution < 1.29 is 13.2 Å². The van der Waals surface area contributed by atoms with Gasteiger partial charge in [-0.1, -0.05) is 12.1 Å². The number of fused-ring (bicyclic) bond motifs is 3. The van der Waals surface area contributed by atoms with E-state index in [1.807, 2.05) is 29.2 Å². The monoisotopic (exact) mass is 406 g/mol. The van der Waals surface area contributed by atoms with Gasteiger partial charge in [0.25, 0.3) is 12.4 Å². The maximum absolute atomic E-state index is 13.5.